The Balaban J connectivity index is 1.99. The van der Waals surface area contributed by atoms with Gasteiger partial charge in [0.1, 0.15) is 0 Å². The molecule has 3 rings (SSSR count). The minimum Gasteiger partial charge on any atom is -0.323 e. The van der Waals surface area contributed by atoms with Crippen LogP contribution in [-0.2, 0) is 16.9 Å². The third kappa shape index (κ3) is 2.14. The highest BCUT2D eigenvalue weighted by Gasteiger charge is 2.47. The lowest BCUT2D eigenvalue weighted by Gasteiger charge is -2.17. The van der Waals surface area contributed by atoms with Gasteiger partial charge in [0.25, 0.3) is 11.6 Å². The lowest BCUT2D eigenvalue weighted by Crippen LogP contribution is -2.31. The number of carbonyl (C=O) groups is 1. The van der Waals surface area contributed by atoms with Crippen LogP contribution in [-0.4, -0.2) is 10.8 Å². The van der Waals surface area contributed by atoms with Gasteiger partial charge in [-0.3, -0.25) is 14.9 Å². The van der Waals surface area contributed by atoms with Crippen LogP contribution in [0.4, 0.5) is 15.8 Å². The van der Waals surface area contributed by atoms with E-state index >= 15 is 4.39 Å². The Labute approximate surface area is 119 Å². The summed E-state index contributed by atoms with van der Waals surface area (Å²) in [5.74, 6) is -0.741. The fourth-order valence-corrected chi connectivity index (χ4v) is 2.52. The van der Waals surface area contributed by atoms with Crippen molar-refractivity contribution in [2.75, 3.05) is 5.32 Å². The maximum absolute atomic E-state index is 15.1. The first-order chi connectivity index (χ1) is 10.0. The van der Waals surface area contributed by atoms with Crippen molar-refractivity contribution in [1.29, 1.82) is 0 Å². The molecule has 1 aliphatic rings. The summed E-state index contributed by atoms with van der Waals surface area (Å²) in [5, 5.41) is 13.3. The summed E-state index contributed by atoms with van der Waals surface area (Å²) in [4.78, 5) is 22.2. The number of benzene rings is 2. The van der Waals surface area contributed by atoms with Crippen LogP contribution in [0.2, 0.25) is 0 Å². The quantitative estimate of drug-likeness (QED) is 0.696. The molecule has 2 aromatic rings. The molecule has 0 unspecified atom stereocenters. The molecule has 0 aliphatic carbocycles. The minimum absolute atomic E-state index is 0.122. The average molecular weight is 286 g/mol. The Morgan fingerprint density at radius 2 is 1.95 bits per heavy atom. The number of nitro groups is 1. The van der Waals surface area contributed by atoms with E-state index in [0.717, 1.165) is 0 Å². The molecular formula is C15H11FN2O3. The highest BCUT2D eigenvalue weighted by atomic mass is 19.1. The van der Waals surface area contributed by atoms with E-state index in [-0.39, 0.29) is 17.7 Å². The second-order valence-electron chi connectivity index (χ2n) is 4.90. The average Bonchev–Trinajstić information content (AvgIpc) is 2.71. The molecular weight excluding hydrogens is 275 g/mol. The predicted molar refractivity (Wildman–Crippen MR) is 74.7 cm³/mol. The van der Waals surface area contributed by atoms with Crippen LogP contribution < -0.4 is 5.32 Å². The number of para-hydroxylation sites is 1. The van der Waals surface area contributed by atoms with E-state index in [1.54, 1.807) is 30.3 Å². The lowest BCUT2D eigenvalue weighted by molar-refractivity contribution is -0.384. The summed E-state index contributed by atoms with van der Waals surface area (Å²) in [7, 11) is 0. The number of rotatable bonds is 3. The van der Waals surface area contributed by atoms with Gasteiger partial charge < -0.3 is 5.32 Å². The van der Waals surface area contributed by atoms with E-state index in [2.05, 4.69) is 5.32 Å². The van der Waals surface area contributed by atoms with Gasteiger partial charge in [-0.25, -0.2) is 4.39 Å². The first-order valence-electron chi connectivity index (χ1n) is 6.34. The van der Waals surface area contributed by atoms with Crippen LogP contribution in [0, 0.1) is 10.1 Å². The summed E-state index contributed by atoms with van der Waals surface area (Å²) >= 11 is 0. The van der Waals surface area contributed by atoms with E-state index in [9.17, 15) is 14.9 Å². The van der Waals surface area contributed by atoms with Gasteiger partial charge in [0.15, 0.2) is 0 Å². The molecule has 1 heterocycles. The zero-order chi connectivity index (χ0) is 15.0. The molecule has 5 nitrogen and oxygen atoms in total. The highest BCUT2D eigenvalue weighted by Crippen LogP contribution is 2.41. The van der Waals surface area contributed by atoms with Crippen molar-refractivity contribution in [2.45, 2.75) is 12.1 Å². The number of carbonyl (C=O) groups excluding carboxylic acids is 1. The third-order valence-electron chi connectivity index (χ3n) is 3.53. The molecule has 21 heavy (non-hydrogen) atoms. The van der Waals surface area contributed by atoms with Gasteiger partial charge in [-0.1, -0.05) is 30.3 Å². The van der Waals surface area contributed by atoms with E-state index in [0.29, 0.717) is 11.3 Å². The zero-order valence-electron chi connectivity index (χ0n) is 10.9. The smallest absolute Gasteiger partial charge is 0.269 e. The van der Waals surface area contributed by atoms with Crippen molar-refractivity contribution >= 4 is 17.3 Å². The fourth-order valence-electron chi connectivity index (χ4n) is 2.52. The minimum atomic E-state index is -2.20. The number of anilines is 1. The molecule has 0 saturated heterocycles. The Morgan fingerprint density at radius 3 is 2.71 bits per heavy atom. The number of nitrogens with zero attached hydrogens (tertiary/aromatic N) is 1. The molecule has 106 valence electrons. The van der Waals surface area contributed by atoms with Crippen molar-refractivity contribution in [2.24, 2.45) is 0 Å². The number of nitro benzene ring substituents is 1. The van der Waals surface area contributed by atoms with Gasteiger partial charge in [-0.05, 0) is 11.6 Å². The number of nitrogens with one attached hydrogen (secondary N) is 1. The van der Waals surface area contributed by atoms with Crippen molar-refractivity contribution in [1.82, 2.24) is 0 Å². The molecule has 0 fully saturated rings. The number of alkyl halides is 1. The van der Waals surface area contributed by atoms with Crippen LogP contribution in [0.15, 0.2) is 48.5 Å². The van der Waals surface area contributed by atoms with Crippen molar-refractivity contribution in [3.8, 4) is 0 Å². The fraction of sp³-hybridized carbons (Fsp3) is 0.133. The third-order valence-corrected chi connectivity index (χ3v) is 3.53. The predicted octanol–water partition coefficient (Wildman–Crippen LogP) is 2.95. The van der Waals surface area contributed by atoms with E-state index in [4.69, 9.17) is 0 Å². The first-order valence-corrected chi connectivity index (χ1v) is 6.34. The van der Waals surface area contributed by atoms with Gasteiger partial charge >= 0.3 is 0 Å². The number of hydrogen-bond donors (Lipinski definition) is 1. The van der Waals surface area contributed by atoms with Crippen LogP contribution in [0.25, 0.3) is 0 Å². The molecule has 2 aromatic carbocycles. The Morgan fingerprint density at radius 1 is 1.19 bits per heavy atom. The normalized spacial score (nSPS) is 20.0. The lowest BCUT2D eigenvalue weighted by atomic mass is 9.90. The zero-order valence-corrected chi connectivity index (χ0v) is 10.9. The second-order valence-corrected chi connectivity index (χ2v) is 4.90. The van der Waals surface area contributed by atoms with Crippen molar-refractivity contribution in [3.63, 3.8) is 0 Å². The largest absolute Gasteiger partial charge is 0.323 e. The van der Waals surface area contributed by atoms with Gasteiger partial charge in [0.2, 0.25) is 5.67 Å². The number of non-ortho nitro benzene ring substituents is 1. The van der Waals surface area contributed by atoms with Gasteiger partial charge in [0.05, 0.1) is 4.92 Å². The first kappa shape index (κ1) is 13.2. The molecule has 0 aromatic heterocycles. The number of hydrogen-bond acceptors (Lipinski definition) is 3. The summed E-state index contributed by atoms with van der Waals surface area (Å²) in [6.07, 6.45) is -0.239. The van der Waals surface area contributed by atoms with Crippen LogP contribution in [0.3, 0.4) is 0 Å². The summed E-state index contributed by atoms with van der Waals surface area (Å²) < 4.78 is 15.1. The van der Waals surface area contributed by atoms with E-state index in [1.165, 1.54) is 18.2 Å². The molecule has 0 spiro atoms. The van der Waals surface area contributed by atoms with E-state index < -0.39 is 16.5 Å². The topological polar surface area (TPSA) is 72.2 Å². The van der Waals surface area contributed by atoms with Gasteiger partial charge in [-0.15, -0.1) is 0 Å². The Kier molecular flexibility index (Phi) is 2.94. The molecule has 1 aliphatic heterocycles. The number of halogens is 1. The summed E-state index contributed by atoms with van der Waals surface area (Å²) in [6, 6.07) is 12.2. The second kappa shape index (κ2) is 4.66. The van der Waals surface area contributed by atoms with Crippen LogP contribution in [0.5, 0.6) is 0 Å². The molecule has 1 amide bonds. The van der Waals surface area contributed by atoms with Crippen LogP contribution >= 0.6 is 0 Å². The maximum Gasteiger partial charge on any atom is 0.269 e. The SMILES string of the molecule is O=C1Nc2ccccc2[C@@]1(F)Cc1cccc([N+](=O)[O-])c1. The molecule has 6 heteroatoms. The Hall–Kier alpha value is -2.76. The molecule has 0 radical (unpaired) electrons. The molecule has 1 N–H and O–H groups in total. The van der Waals surface area contributed by atoms with Crippen LogP contribution in [0.1, 0.15) is 11.1 Å². The molecule has 0 saturated carbocycles. The van der Waals surface area contributed by atoms with Crippen molar-refractivity contribution < 1.29 is 14.1 Å². The highest BCUT2D eigenvalue weighted by molar-refractivity contribution is 6.05. The number of amides is 1. The van der Waals surface area contributed by atoms with E-state index in [1.807, 2.05) is 0 Å². The summed E-state index contributed by atoms with van der Waals surface area (Å²) in [6.45, 7) is 0. The molecule has 1 atom stereocenters. The monoisotopic (exact) mass is 286 g/mol. The Bertz CT molecular complexity index is 747. The van der Waals surface area contributed by atoms with Gasteiger partial charge in [0, 0.05) is 29.8 Å². The standard InChI is InChI=1S/C15H11FN2O3/c16-15(9-10-4-3-5-11(8-10)18(20)21)12-6-1-2-7-13(12)17-14(15)19/h1-8H,9H2,(H,17,19)/t15-/m0/s1. The maximum atomic E-state index is 15.1. The molecule has 0 bridgehead atoms. The van der Waals surface area contributed by atoms with Gasteiger partial charge in [-0.2, -0.15) is 0 Å². The summed E-state index contributed by atoms with van der Waals surface area (Å²) in [5.41, 5.74) is -1.22. The van der Waals surface area contributed by atoms with Crippen molar-refractivity contribution in [3.05, 3.63) is 69.8 Å². The number of fused-ring (bicyclic) bond motifs is 1.